The molecule has 1 amide bonds. The van der Waals surface area contributed by atoms with E-state index in [1.54, 1.807) is 38.5 Å². The van der Waals surface area contributed by atoms with Gasteiger partial charge in [0.1, 0.15) is 5.75 Å². The lowest BCUT2D eigenvalue weighted by Gasteiger charge is -2.04. The number of ether oxygens (including phenoxy) is 2. The highest BCUT2D eigenvalue weighted by Crippen LogP contribution is 2.22. The number of halogens is 1. The van der Waals surface area contributed by atoms with Gasteiger partial charge in [0.2, 0.25) is 0 Å². The molecule has 0 aliphatic heterocycles. The number of methoxy groups -OCH3 is 2. The number of aromatic nitrogens is 1. The van der Waals surface area contributed by atoms with E-state index in [1.165, 1.54) is 11.3 Å². The van der Waals surface area contributed by atoms with Crippen molar-refractivity contribution in [1.82, 2.24) is 4.57 Å². The van der Waals surface area contributed by atoms with Crippen molar-refractivity contribution in [2.75, 3.05) is 20.8 Å². The third-order valence-corrected chi connectivity index (χ3v) is 4.95. The molecule has 0 fully saturated rings. The van der Waals surface area contributed by atoms with Crippen LogP contribution in [0.5, 0.6) is 5.75 Å². The van der Waals surface area contributed by atoms with Crippen LogP contribution in [0.1, 0.15) is 10.4 Å². The van der Waals surface area contributed by atoms with E-state index in [0.29, 0.717) is 34.3 Å². The first kappa shape index (κ1) is 17.7. The maximum Gasteiger partial charge on any atom is 0.279 e. The van der Waals surface area contributed by atoms with E-state index < -0.39 is 0 Å². The first-order valence-electron chi connectivity index (χ1n) is 7.63. The van der Waals surface area contributed by atoms with Crippen LogP contribution in [-0.2, 0) is 11.3 Å². The molecule has 3 rings (SSSR count). The van der Waals surface area contributed by atoms with Gasteiger partial charge in [-0.3, -0.25) is 4.79 Å². The summed E-state index contributed by atoms with van der Waals surface area (Å²) in [7, 11) is 3.21. The van der Waals surface area contributed by atoms with Gasteiger partial charge in [-0.05, 0) is 36.4 Å². The molecular formula is C18H17ClN2O3S. The Morgan fingerprint density at radius 2 is 2.08 bits per heavy atom. The van der Waals surface area contributed by atoms with Gasteiger partial charge in [0, 0.05) is 24.2 Å². The molecule has 0 unspecified atom stereocenters. The highest BCUT2D eigenvalue weighted by molar-refractivity contribution is 7.16. The fourth-order valence-electron chi connectivity index (χ4n) is 2.44. The van der Waals surface area contributed by atoms with Gasteiger partial charge < -0.3 is 14.0 Å². The number of hydrogen-bond acceptors (Lipinski definition) is 4. The molecular weight excluding hydrogens is 360 g/mol. The Labute approximate surface area is 154 Å². The SMILES string of the molecule is COCCn1c(=NC(=O)c2cccc(OC)c2)sc2cc(Cl)ccc21. The standard InChI is InChI=1S/C18H17ClN2O3S/c1-23-9-8-21-15-7-6-13(19)11-16(15)25-18(21)20-17(22)12-4-3-5-14(10-12)24-2/h3-7,10-11H,8-9H2,1-2H3. The average molecular weight is 377 g/mol. The summed E-state index contributed by atoms with van der Waals surface area (Å²) < 4.78 is 13.3. The van der Waals surface area contributed by atoms with Gasteiger partial charge >= 0.3 is 0 Å². The second-order valence-corrected chi connectivity index (χ2v) is 6.74. The minimum atomic E-state index is -0.317. The number of carbonyl (C=O) groups is 1. The van der Waals surface area contributed by atoms with Gasteiger partial charge in [0.15, 0.2) is 4.80 Å². The summed E-state index contributed by atoms with van der Waals surface area (Å²) >= 11 is 7.51. The molecule has 5 nitrogen and oxygen atoms in total. The van der Waals surface area contributed by atoms with Crippen molar-refractivity contribution >= 4 is 39.1 Å². The van der Waals surface area contributed by atoms with E-state index in [9.17, 15) is 4.79 Å². The number of amides is 1. The molecule has 7 heteroatoms. The minimum Gasteiger partial charge on any atom is -0.497 e. The first-order valence-corrected chi connectivity index (χ1v) is 8.83. The van der Waals surface area contributed by atoms with Crippen LogP contribution < -0.4 is 9.54 Å². The molecule has 0 N–H and O–H groups in total. The van der Waals surface area contributed by atoms with Crippen molar-refractivity contribution in [2.24, 2.45) is 4.99 Å². The van der Waals surface area contributed by atoms with Crippen molar-refractivity contribution in [2.45, 2.75) is 6.54 Å². The van der Waals surface area contributed by atoms with Gasteiger partial charge in [-0.25, -0.2) is 0 Å². The van der Waals surface area contributed by atoms with E-state index in [4.69, 9.17) is 21.1 Å². The van der Waals surface area contributed by atoms with E-state index in [1.807, 2.05) is 22.8 Å². The average Bonchev–Trinajstić information content (AvgIpc) is 2.95. The molecule has 0 radical (unpaired) electrons. The lowest BCUT2D eigenvalue weighted by molar-refractivity contribution is 0.0997. The van der Waals surface area contributed by atoms with Gasteiger partial charge in [0.05, 0.1) is 23.9 Å². The fraction of sp³-hybridized carbons (Fsp3) is 0.222. The summed E-state index contributed by atoms with van der Waals surface area (Å²) in [5.74, 6) is 0.305. The van der Waals surface area contributed by atoms with Crippen LogP contribution in [0.2, 0.25) is 5.02 Å². The van der Waals surface area contributed by atoms with Crippen molar-refractivity contribution in [3.63, 3.8) is 0 Å². The van der Waals surface area contributed by atoms with Gasteiger partial charge in [0.25, 0.3) is 5.91 Å². The van der Waals surface area contributed by atoms with E-state index in [-0.39, 0.29) is 5.91 Å². The Bertz CT molecular complexity index is 978. The molecule has 0 bridgehead atoms. The first-order chi connectivity index (χ1) is 12.1. The second-order valence-electron chi connectivity index (χ2n) is 5.29. The number of rotatable bonds is 5. The Morgan fingerprint density at radius 3 is 2.84 bits per heavy atom. The van der Waals surface area contributed by atoms with Crippen LogP contribution in [0.25, 0.3) is 10.2 Å². The van der Waals surface area contributed by atoms with Crippen molar-refractivity contribution in [3.05, 3.63) is 57.9 Å². The highest BCUT2D eigenvalue weighted by Gasteiger charge is 2.10. The Kier molecular flexibility index (Phi) is 5.53. The normalized spacial score (nSPS) is 11.9. The number of thiazole rings is 1. The summed E-state index contributed by atoms with van der Waals surface area (Å²) in [5, 5.41) is 0.651. The minimum absolute atomic E-state index is 0.317. The fourth-order valence-corrected chi connectivity index (χ4v) is 3.77. The highest BCUT2D eigenvalue weighted by atomic mass is 35.5. The quantitative estimate of drug-likeness (QED) is 0.681. The third kappa shape index (κ3) is 3.92. The predicted octanol–water partition coefficient (Wildman–Crippen LogP) is 3.75. The van der Waals surface area contributed by atoms with Crippen molar-refractivity contribution in [3.8, 4) is 5.75 Å². The van der Waals surface area contributed by atoms with Crippen molar-refractivity contribution < 1.29 is 14.3 Å². The summed E-state index contributed by atoms with van der Waals surface area (Å²) in [5.41, 5.74) is 1.46. The molecule has 0 saturated carbocycles. The molecule has 0 aliphatic rings. The van der Waals surface area contributed by atoms with Crippen LogP contribution in [0.3, 0.4) is 0 Å². The molecule has 1 heterocycles. The zero-order valence-corrected chi connectivity index (χ0v) is 15.4. The maximum absolute atomic E-state index is 12.6. The van der Waals surface area contributed by atoms with Crippen LogP contribution in [0.15, 0.2) is 47.5 Å². The molecule has 0 spiro atoms. The second kappa shape index (κ2) is 7.82. The zero-order chi connectivity index (χ0) is 17.8. The van der Waals surface area contributed by atoms with Crippen LogP contribution in [0, 0.1) is 0 Å². The third-order valence-electron chi connectivity index (χ3n) is 3.68. The zero-order valence-electron chi connectivity index (χ0n) is 13.9. The van der Waals surface area contributed by atoms with Crippen LogP contribution in [0.4, 0.5) is 0 Å². The number of nitrogens with zero attached hydrogens (tertiary/aromatic N) is 2. The number of carbonyl (C=O) groups excluding carboxylic acids is 1. The smallest absolute Gasteiger partial charge is 0.279 e. The number of hydrogen-bond donors (Lipinski definition) is 0. The van der Waals surface area contributed by atoms with Gasteiger partial charge in [-0.1, -0.05) is 29.0 Å². The van der Waals surface area contributed by atoms with Crippen molar-refractivity contribution in [1.29, 1.82) is 0 Å². The molecule has 0 aliphatic carbocycles. The van der Waals surface area contributed by atoms with Gasteiger partial charge in [-0.2, -0.15) is 4.99 Å². The lowest BCUT2D eigenvalue weighted by atomic mass is 10.2. The molecule has 25 heavy (non-hydrogen) atoms. The van der Waals surface area contributed by atoms with E-state index >= 15 is 0 Å². The van der Waals surface area contributed by atoms with Gasteiger partial charge in [-0.15, -0.1) is 0 Å². The summed E-state index contributed by atoms with van der Waals surface area (Å²) in [6, 6.07) is 12.6. The van der Waals surface area contributed by atoms with E-state index in [2.05, 4.69) is 4.99 Å². The summed E-state index contributed by atoms with van der Waals surface area (Å²) in [4.78, 5) is 17.5. The number of benzene rings is 2. The summed E-state index contributed by atoms with van der Waals surface area (Å²) in [6.07, 6.45) is 0. The largest absolute Gasteiger partial charge is 0.497 e. The molecule has 0 atom stereocenters. The van der Waals surface area contributed by atoms with E-state index in [0.717, 1.165) is 10.2 Å². The Balaban J connectivity index is 2.08. The Hall–Kier alpha value is -2.15. The number of fused-ring (bicyclic) bond motifs is 1. The molecule has 2 aromatic carbocycles. The lowest BCUT2D eigenvalue weighted by Crippen LogP contribution is -2.19. The maximum atomic E-state index is 12.6. The monoisotopic (exact) mass is 376 g/mol. The molecule has 0 saturated heterocycles. The molecule has 130 valence electrons. The Morgan fingerprint density at radius 1 is 1.24 bits per heavy atom. The molecule has 1 aromatic heterocycles. The predicted molar refractivity (Wildman–Crippen MR) is 99.6 cm³/mol. The van der Waals surface area contributed by atoms with Crippen LogP contribution in [-0.4, -0.2) is 31.3 Å². The molecule has 3 aromatic rings. The summed E-state index contributed by atoms with van der Waals surface area (Å²) in [6.45, 7) is 1.12. The topological polar surface area (TPSA) is 52.8 Å². The van der Waals surface area contributed by atoms with Crippen LogP contribution >= 0.6 is 22.9 Å².